The molecule has 0 aliphatic carbocycles. The Hall–Kier alpha value is -1.25. The highest BCUT2D eigenvalue weighted by Crippen LogP contribution is 2.40. The zero-order valence-corrected chi connectivity index (χ0v) is 14.7. The molecule has 2 rings (SSSR count). The number of anilines is 1. The minimum Gasteiger partial charge on any atom is -0.358 e. The average molecular weight is 400 g/mol. The van der Waals surface area contributed by atoms with Crippen molar-refractivity contribution in [3.63, 3.8) is 0 Å². The lowest BCUT2D eigenvalue weighted by molar-refractivity contribution is -0.138. The second kappa shape index (κ2) is 7.33. The van der Waals surface area contributed by atoms with Gasteiger partial charge in [-0.1, -0.05) is 41.0 Å². The molecule has 2 aromatic rings. The van der Waals surface area contributed by atoms with Gasteiger partial charge in [0, 0.05) is 5.56 Å². The molecule has 0 spiro atoms. The number of hydrogen-bond donors (Lipinski definition) is 1. The first-order valence-electron chi connectivity index (χ1n) is 6.54. The summed E-state index contributed by atoms with van der Waals surface area (Å²) in [5.41, 5.74) is -0.276. The Balaban J connectivity index is 2.66. The van der Waals surface area contributed by atoms with Gasteiger partial charge in [0.2, 0.25) is 0 Å². The van der Waals surface area contributed by atoms with E-state index in [2.05, 4.69) is 15.3 Å². The second-order valence-corrected chi connectivity index (χ2v) is 6.27. The van der Waals surface area contributed by atoms with Crippen LogP contribution in [0, 0.1) is 5.82 Å². The molecule has 1 heterocycles. The lowest BCUT2D eigenvalue weighted by Gasteiger charge is -2.21. The predicted octanol–water partition coefficient (Wildman–Crippen LogP) is 5.67. The van der Waals surface area contributed by atoms with Gasteiger partial charge in [0.15, 0.2) is 5.16 Å². The van der Waals surface area contributed by atoms with Gasteiger partial charge in [-0.05, 0) is 25.3 Å². The maximum absolute atomic E-state index is 14.2. The largest absolute Gasteiger partial charge is 0.408 e. The van der Waals surface area contributed by atoms with Crippen LogP contribution in [0.15, 0.2) is 23.4 Å². The first-order chi connectivity index (χ1) is 11.1. The smallest absolute Gasteiger partial charge is 0.358 e. The molecule has 1 N–H and O–H groups in total. The minimum atomic E-state index is -4.52. The van der Waals surface area contributed by atoms with Gasteiger partial charge >= 0.3 is 6.18 Å². The molecule has 0 bridgehead atoms. The van der Waals surface area contributed by atoms with E-state index in [1.807, 2.05) is 0 Å². The van der Waals surface area contributed by atoms with E-state index in [0.29, 0.717) is 0 Å². The molecule has 10 heteroatoms. The topological polar surface area (TPSA) is 37.8 Å². The molecule has 24 heavy (non-hydrogen) atoms. The van der Waals surface area contributed by atoms with Gasteiger partial charge in [-0.3, -0.25) is 0 Å². The molecule has 0 radical (unpaired) electrons. The van der Waals surface area contributed by atoms with Crippen LogP contribution in [0.1, 0.15) is 6.92 Å². The van der Waals surface area contributed by atoms with E-state index in [1.54, 1.807) is 6.26 Å². The van der Waals surface area contributed by atoms with Crippen molar-refractivity contribution < 1.29 is 17.6 Å². The molecule has 1 unspecified atom stereocenters. The molecule has 130 valence electrons. The standard InChI is InChI=1S/C14H11Cl2F4N3S/c1-6(14(18,19)20)21-12-10(11(16)22-13(23-12)24-2)9-7(15)4-3-5-8(9)17/h3-6H,1-2H3,(H,21,22,23). The molecule has 0 aliphatic heterocycles. The Morgan fingerprint density at radius 1 is 1.17 bits per heavy atom. The third kappa shape index (κ3) is 4.04. The SMILES string of the molecule is CSc1nc(Cl)c(-c2c(F)cccc2Cl)c(NC(C)C(F)(F)F)n1. The average Bonchev–Trinajstić information content (AvgIpc) is 2.48. The van der Waals surface area contributed by atoms with Crippen LogP contribution in [-0.2, 0) is 0 Å². The zero-order valence-electron chi connectivity index (χ0n) is 12.4. The molecule has 0 fully saturated rings. The number of hydrogen-bond acceptors (Lipinski definition) is 4. The molecule has 1 atom stereocenters. The summed E-state index contributed by atoms with van der Waals surface area (Å²) in [6.07, 6.45) is -2.88. The van der Waals surface area contributed by atoms with Crippen molar-refractivity contribution in [3.8, 4) is 11.1 Å². The number of thioether (sulfide) groups is 1. The van der Waals surface area contributed by atoms with Crippen LogP contribution < -0.4 is 5.32 Å². The van der Waals surface area contributed by atoms with Crippen molar-refractivity contribution in [3.05, 3.63) is 34.2 Å². The van der Waals surface area contributed by atoms with Crippen LogP contribution in [0.5, 0.6) is 0 Å². The highest BCUT2D eigenvalue weighted by molar-refractivity contribution is 7.98. The van der Waals surface area contributed by atoms with Crippen LogP contribution in [0.2, 0.25) is 10.2 Å². The first kappa shape index (κ1) is 19.1. The first-order valence-corrected chi connectivity index (χ1v) is 8.52. The monoisotopic (exact) mass is 399 g/mol. The highest BCUT2D eigenvalue weighted by atomic mass is 35.5. The molecule has 0 aliphatic rings. The van der Waals surface area contributed by atoms with Crippen molar-refractivity contribution in [2.75, 3.05) is 11.6 Å². The van der Waals surface area contributed by atoms with Crippen molar-refractivity contribution in [1.29, 1.82) is 0 Å². The van der Waals surface area contributed by atoms with E-state index in [9.17, 15) is 17.6 Å². The zero-order chi connectivity index (χ0) is 18.1. The van der Waals surface area contributed by atoms with Gasteiger partial charge in [-0.15, -0.1) is 0 Å². The number of nitrogens with zero attached hydrogens (tertiary/aromatic N) is 2. The van der Waals surface area contributed by atoms with E-state index in [0.717, 1.165) is 24.8 Å². The molecule has 0 saturated heterocycles. The van der Waals surface area contributed by atoms with E-state index < -0.39 is 18.0 Å². The van der Waals surface area contributed by atoms with Gasteiger partial charge in [-0.2, -0.15) is 13.2 Å². The van der Waals surface area contributed by atoms with E-state index >= 15 is 0 Å². The summed E-state index contributed by atoms with van der Waals surface area (Å²) in [6, 6.07) is 1.96. The summed E-state index contributed by atoms with van der Waals surface area (Å²) in [5.74, 6) is -0.983. The quantitative estimate of drug-likeness (QED) is 0.311. The Morgan fingerprint density at radius 3 is 2.38 bits per heavy atom. The molecule has 0 amide bonds. The molecule has 1 aromatic carbocycles. The van der Waals surface area contributed by atoms with Crippen LogP contribution in [0.25, 0.3) is 11.1 Å². The van der Waals surface area contributed by atoms with Gasteiger partial charge in [0.25, 0.3) is 0 Å². The van der Waals surface area contributed by atoms with E-state index in [1.165, 1.54) is 12.1 Å². The van der Waals surface area contributed by atoms with Gasteiger partial charge < -0.3 is 5.32 Å². The maximum atomic E-state index is 14.2. The molecular formula is C14H11Cl2F4N3S. The number of aromatic nitrogens is 2. The Labute approximate surface area is 149 Å². The van der Waals surface area contributed by atoms with Crippen molar-refractivity contribution >= 4 is 40.8 Å². The van der Waals surface area contributed by atoms with Crippen LogP contribution in [0.3, 0.4) is 0 Å². The van der Waals surface area contributed by atoms with Crippen molar-refractivity contribution in [1.82, 2.24) is 9.97 Å². The number of rotatable bonds is 4. The van der Waals surface area contributed by atoms with Crippen LogP contribution in [-0.4, -0.2) is 28.4 Å². The Kier molecular flexibility index (Phi) is 5.83. The van der Waals surface area contributed by atoms with Gasteiger partial charge in [-0.25, -0.2) is 14.4 Å². The fraction of sp³-hybridized carbons (Fsp3) is 0.286. The Morgan fingerprint density at radius 2 is 1.83 bits per heavy atom. The summed E-state index contributed by atoms with van der Waals surface area (Å²) < 4.78 is 52.8. The van der Waals surface area contributed by atoms with Gasteiger partial charge in [0.1, 0.15) is 22.8 Å². The summed E-state index contributed by atoms with van der Waals surface area (Å²) in [5, 5.41) is 2.16. The van der Waals surface area contributed by atoms with Crippen LogP contribution in [0.4, 0.5) is 23.4 Å². The van der Waals surface area contributed by atoms with Crippen LogP contribution >= 0.6 is 35.0 Å². The predicted molar refractivity (Wildman–Crippen MR) is 88.4 cm³/mol. The summed E-state index contributed by atoms with van der Waals surface area (Å²) in [6.45, 7) is 0.918. The maximum Gasteiger partial charge on any atom is 0.408 e. The summed E-state index contributed by atoms with van der Waals surface area (Å²) in [4.78, 5) is 7.95. The number of benzene rings is 1. The molecule has 3 nitrogen and oxygen atoms in total. The Bertz CT molecular complexity index is 735. The molecular weight excluding hydrogens is 389 g/mol. The van der Waals surface area contributed by atoms with E-state index in [-0.39, 0.29) is 32.3 Å². The molecule has 1 aromatic heterocycles. The molecule has 0 saturated carbocycles. The third-order valence-corrected chi connectivity index (χ3v) is 4.22. The fourth-order valence-corrected chi connectivity index (χ4v) is 2.79. The second-order valence-electron chi connectivity index (χ2n) is 4.73. The van der Waals surface area contributed by atoms with Gasteiger partial charge in [0.05, 0.1) is 10.6 Å². The number of halogens is 6. The van der Waals surface area contributed by atoms with Crippen molar-refractivity contribution in [2.24, 2.45) is 0 Å². The minimum absolute atomic E-state index is 0.0138. The normalized spacial score (nSPS) is 13.0. The number of alkyl halides is 3. The third-order valence-electron chi connectivity index (χ3n) is 3.08. The van der Waals surface area contributed by atoms with Crippen molar-refractivity contribution in [2.45, 2.75) is 24.3 Å². The summed E-state index contributed by atoms with van der Waals surface area (Å²) in [7, 11) is 0. The lowest BCUT2D eigenvalue weighted by atomic mass is 10.1. The number of nitrogens with one attached hydrogen (secondary N) is 1. The summed E-state index contributed by atoms with van der Waals surface area (Å²) >= 11 is 13.2. The highest BCUT2D eigenvalue weighted by Gasteiger charge is 2.37. The fourth-order valence-electron chi connectivity index (χ4n) is 1.85. The lowest BCUT2D eigenvalue weighted by Crippen LogP contribution is -2.33. The van der Waals surface area contributed by atoms with E-state index in [4.69, 9.17) is 23.2 Å².